The number of thiophene rings is 1. The van der Waals surface area contributed by atoms with Crippen molar-refractivity contribution in [2.75, 3.05) is 11.4 Å². The van der Waals surface area contributed by atoms with E-state index in [9.17, 15) is 0 Å². The van der Waals surface area contributed by atoms with Crippen molar-refractivity contribution in [2.24, 2.45) is 0 Å². The minimum Gasteiger partial charge on any atom is -0.349 e. The lowest BCUT2D eigenvalue weighted by atomic mass is 10.0. The minimum absolute atomic E-state index is 0.406. The van der Waals surface area contributed by atoms with E-state index >= 15 is 0 Å². The van der Waals surface area contributed by atoms with Crippen molar-refractivity contribution in [3.05, 3.63) is 45.3 Å². The molecule has 1 atom stereocenters. The van der Waals surface area contributed by atoms with E-state index in [4.69, 9.17) is 11.6 Å². The summed E-state index contributed by atoms with van der Waals surface area (Å²) >= 11 is 7.74. The lowest BCUT2D eigenvalue weighted by molar-refractivity contribution is 0.623. The van der Waals surface area contributed by atoms with Gasteiger partial charge in [-0.3, -0.25) is 0 Å². The molecule has 1 unspecified atom stereocenters. The Balaban J connectivity index is 1.95. The van der Waals surface area contributed by atoms with Crippen molar-refractivity contribution in [2.45, 2.75) is 32.2 Å². The topological polar surface area (TPSA) is 16.1 Å². The number of alkyl halides is 1. The number of hydrogen-bond acceptors (Lipinski definition) is 3. The van der Waals surface area contributed by atoms with Gasteiger partial charge in [-0.25, -0.2) is 4.98 Å². The Kier molecular flexibility index (Phi) is 3.50. The van der Waals surface area contributed by atoms with Crippen LogP contribution in [0, 0.1) is 6.92 Å². The van der Waals surface area contributed by atoms with E-state index in [-0.39, 0.29) is 0 Å². The van der Waals surface area contributed by atoms with Crippen molar-refractivity contribution in [3.8, 4) is 0 Å². The minimum atomic E-state index is 0.406. The maximum absolute atomic E-state index is 5.87. The largest absolute Gasteiger partial charge is 0.349 e. The fourth-order valence-corrected chi connectivity index (χ4v) is 3.91. The second-order valence-corrected chi connectivity index (χ2v) is 6.30. The molecule has 0 bridgehead atoms. The predicted molar refractivity (Wildman–Crippen MR) is 82.3 cm³/mol. The van der Waals surface area contributed by atoms with Crippen molar-refractivity contribution in [1.82, 2.24) is 4.98 Å². The second kappa shape index (κ2) is 5.14. The van der Waals surface area contributed by atoms with Crippen LogP contribution in [0.2, 0.25) is 0 Å². The van der Waals surface area contributed by atoms with Gasteiger partial charge in [0.15, 0.2) is 0 Å². The summed E-state index contributed by atoms with van der Waals surface area (Å²) in [6, 6.07) is 4.80. The van der Waals surface area contributed by atoms with Gasteiger partial charge in [-0.05, 0) is 54.5 Å². The Morgan fingerprint density at radius 3 is 3.11 bits per heavy atom. The molecule has 0 radical (unpaired) electrons. The van der Waals surface area contributed by atoms with Gasteiger partial charge in [-0.1, -0.05) is 0 Å². The molecule has 3 heterocycles. The Hall–Kier alpha value is -1.06. The number of halogens is 1. The first kappa shape index (κ1) is 12.9. The third-order valence-electron chi connectivity index (χ3n) is 3.81. The van der Waals surface area contributed by atoms with Crippen LogP contribution in [0.15, 0.2) is 23.7 Å². The van der Waals surface area contributed by atoms with E-state index in [2.05, 4.69) is 41.2 Å². The number of anilines is 1. The molecule has 0 N–H and O–H groups in total. The third-order valence-corrected chi connectivity index (χ3v) is 5.12. The first-order valence-corrected chi connectivity index (χ1v) is 7.96. The molecule has 3 rings (SSSR count). The van der Waals surface area contributed by atoms with E-state index in [1.54, 1.807) is 0 Å². The molecule has 2 nitrogen and oxygen atoms in total. The Morgan fingerprint density at radius 2 is 2.37 bits per heavy atom. The zero-order chi connectivity index (χ0) is 13.4. The number of rotatable bonds is 2. The highest BCUT2D eigenvalue weighted by atomic mass is 35.5. The Morgan fingerprint density at radius 1 is 1.53 bits per heavy atom. The number of aromatic nitrogens is 1. The normalized spacial score (nSPS) is 18.5. The van der Waals surface area contributed by atoms with Crippen LogP contribution in [0.4, 0.5) is 5.82 Å². The monoisotopic (exact) mass is 292 g/mol. The van der Waals surface area contributed by atoms with E-state index < -0.39 is 0 Å². The molecule has 2 aromatic heterocycles. The van der Waals surface area contributed by atoms with Crippen LogP contribution in [0.3, 0.4) is 0 Å². The van der Waals surface area contributed by atoms with Crippen LogP contribution in [0.5, 0.6) is 0 Å². The van der Waals surface area contributed by atoms with Crippen LogP contribution in [0.1, 0.15) is 34.5 Å². The van der Waals surface area contributed by atoms with Gasteiger partial charge in [-0.2, -0.15) is 0 Å². The summed E-state index contributed by atoms with van der Waals surface area (Å²) in [5.74, 6) is 1.62. The zero-order valence-corrected chi connectivity index (χ0v) is 12.8. The average molecular weight is 293 g/mol. The van der Waals surface area contributed by atoms with Crippen LogP contribution in [-0.4, -0.2) is 11.5 Å². The summed E-state index contributed by atoms with van der Waals surface area (Å²) in [6.07, 6.45) is 3.01. The lowest BCUT2D eigenvalue weighted by Crippen LogP contribution is -2.34. The maximum atomic E-state index is 5.87. The van der Waals surface area contributed by atoms with Gasteiger partial charge >= 0.3 is 0 Å². The molecule has 4 heteroatoms. The summed E-state index contributed by atoms with van der Waals surface area (Å²) in [5, 5.41) is 2.20. The van der Waals surface area contributed by atoms with Gasteiger partial charge < -0.3 is 4.90 Å². The van der Waals surface area contributed by atoms with Crippen LogP contribution in [-0.2, 0) is 12.3 Å². The van der Waals surface area contributed by atoms with E-state index in [1.807, 2.05) is 17.5 Å². The fraction of sp³-hybridized carbons (Fsp3) is 0.400. The molecule has 0 saturated carbocycles. The molecule has 0 amide bonds. The van der Waals surface area contributed by atoms with E-state index in [1.165, 1.54) is 16.0 Å². The molecule has 0 saturated heterocycles. The highest BCUT2D eigenvalue weighted by Crippen LogP contribution is 2.36. The standard InChI is InChI=1S/C15H17ClN2S/c1-10-7-12(8-16)9-17-15(10)18-5-3-14-13(11(18)2)4-6-19-14/h4,6-7,9,11H,3,5,8H2,1-2H3. The molecule has 0 spiro atoms. The molecule has 19 heavy (non-hydrogen) atoms. The highest BCUT2D eigenvalue weighted by Gasteiger charge is 2.26. The van der Waals surface area contributed by atoms with Gasteiger partial charge in [0.1, 0.15) is 5.82 Å². The summed E-state index contributed by atoms with van der Waals surface area (Å²) in [6.45, 7) is 5.43. The zero-order valence-electron chi connectivity index (χ0n) is 11.2. The summed E-state index contributed by atoms with van der Waals surface area (Å²) in [5.41, 5.74) is 3.76. The van der Waals surface area contributed by atoms with Gasteiger partial charge in [0.25, 0.3) is 0 Å². The molecule has 2 aromatic rings. The quantitative estimate of drug-likeness (QED) is 0.767. The molecule has 1 aliphatic rings. The fourth-order valence-electron chi connectivity index (χ4n) is 2.80. The Bertz CT molecular complexity index is 594. The van der Waals surface area contributed by atoms with Crippen LogP contribution in [0.25, 0.3) is 0 Å². The van der Waals surface area contributed by atoms with Crippen molar-refractivity contribution >= 4 is 28.8 Å². The summed E-state index contributed by atoms with van der Waals surface area (Å²) in [4.78, 5) is 8.56. The van der Waals surface area contributed by atoms with Crippen molar-refractivity contribution in [1.29, 1.82) is 0 Å². The molecular weight excluding hydrogens is 276 g/mol. The average Bonchev–Trinajstić information content (AvgIpc) is 2.89. The van der Waals surface area contributed by atoms with Gasteiger partial charge in [0, 0.05) is 23.5 Å². The number of aryl methyl sites for hydroxylation is 1. The number of hydrogen-bond donors (Lipinski definition) is 0. The predicted octanol–water partition coefficient (Wildman–Crippen LogP) is 4.31. The Labute approximate surface area is 123 Å². The highest BCUT2D eigenvalue weighted by molar-refractivity contribution is 7.10. The number of pyridine rings is 1. The van der Waals surface area contributed by atoms with Gasteiger partial charge in [0.05, 0.1) is 6.04 Å². The molecule has 0 aliphatic carbocycles. The smallest absolute Gasteiger partial charge is 0.131 e. The molecule has 0 aromatic carbocycles. The maximum Gasteiger partial charge on any atom is 0.131 e. The number of fused-ring (bicyclic) bond motifs is 1. The van der Waals surface area contributed by atoms with Crippen LogP contribution >= 0.6 is 22.9 Å². The lowest BCUT2D eigenvalue weighted by Gasteiger charge is -2.35. The molecular formula is C15H17ClN2S. The summed E-state index contributed by atoms with van der Waals surface area (Å²) in [7, 11) is 0. The summed E-state index contributed by atoms with van der Waals surface area (Å²) < 4.78 is 0. The third kappa shape index (κ3) is 2.26. The first-order valence-electron chi connectivity index (χ1n) is 6.55. The van der Waals surface area contributed by atoms with E-state index in [0.29, 0.717) is 11.9 Å². The van der Waals surface area contributed by atoms with Crippen molar-refractivity contribution < 1.29 is 0 Å². The first-order chi connectivity index (χ1) is 9.20. The SMILES string of the molecule is Cc1cc(CCl)cnc1N1CCc2sccc2C1C. The van der Waals surface area contributed by atoms with Crippen molar-refractivity contribution in [3.63, 3.8) is 0 Å². The molecule has 100 valence electrons. The van der Waals surface area contributed by atoms with Gasteiger partial charge in [0.2, 0.25) is 0 Å². The van der Waals surface area contributed by atoms with E-state index in [0.717, 1.165) is 24.3 Å². The second-order valence-electron chi connectivity index (χ2n) is 5.04. The molecule has 0 fully saturated rings. The number of nitrogens with zero attached hydrogens (tertiary/aromatic N) is 2. The molecule has 1 aliphatic heterocycles. The van der Waals surface area contributed by atoms with Crippen LogP contribution < -0.4 is 4.90 Å². The van der Waals surface area contributed by atoms with Gasteiger partial charge in [-0.15, -0.1) is 22.9 Å².